The highest BCUT2D eigenvalue weighted by Crippen LogP contribution is 2.15. The van der Waals surface area contributed by atoms with Crippen LogP contribution in [0.2, 0.25) is 0 Å². The zero-order valence-electron chi connectivity index (χ0n) is 10.6. The fourth-order valence-corrected chi connectivity index (χ4v) is 2.89. The standard InChI is InChI=1S/C15H17NO2S/c17-10-9-16-14-6-4-5-13(11-14)12-19(18)15-7-2-1-3-8-15/h1-8,11,16-17H,9-10,12H2/t19-/m1/s1. The van der Waals surface area contributed by atoms with Gasteiger partial charge in [0.2, 0.25) is 0 Å². The SMILES string of the molecule is O=[S@](Cc1cccc(NCCO)c1)c1ccccc1. The number of benzene rings is 2. The second kappa shape index (κ2) is 7.07. The van der Waals surface area contributed by atoms with Crippen LogP contribution in [0.15, 0.2) is 59.5 Å². The van der Waals surface area contributed by atoms with Crippen LogP contribution in [0.4, 0.5) is 5.69 Å². The summed E-state index contributed by atoms with van der Waals surface area (Å²) in [6.07, 6.45) is 0. The third-order valence-electron chi connectivity index (χ3n) is 2.67. The Morgan fingerprint density at radius 2 is 1.84 bits per heavy atom. The van der Waals surface area contributed by atoms with Crippen LogP contribution < -0.4 is 5.32 Å². The van der Waals surface area contributed by atoms with Crippen LogP contribution in [0, 0.1) is 0 Å². The number of aliphatic hydroxyl groups excluding tert-OH is 1. The quantitative estimate of drug-likeness (QED) is 0.851. The topological polar surface area (TPSA) is 49.3 Å². The van der Waals surface area contributed by atoms with Crippen molar-refractivity contribution < 1.29 is 9.32 Å². The summed E-state index contributed by atoms with van der Waals surface area (Å²) in [7, 11) is -1.03. The summed E-state index contributed by atoms with van der Waals surface area (Å²) < 4.78 is 12.2. The highest BCUT2D eigenvalue weighted by Gasteiger charge is 2.05. The number of aliphatic hydroxyl groups is 1. The lowest BCUT2D eigenvalue weighted by molar-refractivity contribution is 0.311. The maximum absolute atomic E-state index is 12.2. The summed E-state index contributed by atoms with van der Waals surface area (Å²) in [6.45, 7) is 0.616. The molecule has 4 heteroatoms. The molecule has 0 aromatic heterocycles. The zero-order chi connectivity index (χ0) is 13.5. The van der Waals surface area contributed by atoms with E-state index in [4.69, 9.17) is 5.11 Å². The van der Waals surface area contributed by atoms with Crippen molar-refractivity contribution in [2.45, 2.75) is 10.6 Å². The molecule has 3 nitrogen and oxygen atoms in total. The van der Waals surface area contributed by atoms with Gasteiger partial charge >= 0.3 is 0 Å². The first-order chi connectivity index (χ1) is 9.29. The summed E-state index contributed by atoms with van der Waals surface area (Å²) in [5.41, 5.74) is 1.96. The van der Waals surface area contributed by atoms with Gasteiger partial charge in [-0.05, 0) is 29.8 Å². The van der Waals surface area contributed by atoms with E-state index in [0.717, 1.165) is 16.1 Å². The van der Waals surface area contributed by atoms with Gasteiger partial charge in [0.15, 0.2) is 0 Å². The van der Waals surface area contributed by atoms with E-state index in [1.807, 2.05) is 54.6 Å². The van der Waals surface area contributed by atoms with Crippen molar-refractivity contribution in [3.8, 4) is 0 Å². The van der Waals surface area contributed by atoms with Gasteiger partial charge in [0, 0.05) is 17.1 Å². The molecule has 0 fully saturated rings. The molecule has 2 aromatic carbocycles. The van der Waals surface area contributed by atoms with Crippen LogP contribution in [-0.2, 0) is 16.6 Å². The predicted molar refractivity (Wildman–Crippen MR) is 78.6 cm³/mol. The molecule has 100 valence electrons. The summed E-state index contributed by atoms with van der Waals surface area (Å²) >= 11 is 0. The van der Waals surface area contributed by atoms with Crippen molar-refractivity contribution in [1.82, 2.24) is 0 Å². The van der Waals surface area contributed by atoms with Crippen LogP contribution in [0.1, 0.15) is 5.56 Å². The number of hydrogen-bond donors (Lipinski definition) is 2. The highest BCUT2D eigenvalue weighted by atomic mass is 32.2. The first-order valence-corrected chi connectivity index (χ1v) is 7.48. The molecule has 2 rings (SSSR count). The van der Waals surface area contributed by atoms with Crippen LogP contribution in [0.5, 0.6) is 0 Å². The number of nitrogens with one attached hydrogen (secondary N) is 1. The van der Waals surface area contributed by atoms with E-state index in [-0.39, 0.29) is 6.61 Å². The predicted octanol–water partition coefficient (Wildman–Crippen LogP) is 2.40. The van der Waals surface area contributed by atoms with Gasteiger partial charge in [0.05, 0.1) is 23.2 Å². The zero-order valence-corrected chi connectivity index (χ0v) is 11.4. The summed E-state index contributed by atoms with van der Waals surface area (Å²) in [6, 6.07) is 17.3. The monoisotopic (exact) mass is 275 g/mol. The molecule has 0 bridgehead atoms. The Bertz CT molecular complexity index is 543. The minimum absolute atomic E-state index is 0.0974. The third-order valence-corrected chi connectivity index (χ3v) is 4.07. The van der Waals surface area contributed by atoms with Crippen molar-refractivity contribution >= 4 is 16.5 Å². The van der Waals surface area contributed by atoms with E-state index < -0.39 is 10.8 Å². The van der Waals surface area contributed by atoms with Gasteiger partial charge in [-0.2, -0.15) is 0 Å². The summed E-state index contributed by atoms with van der Waals surface area (Å²) in [5, 5.41) is 11.9. The maximum Gasteiger partial charge on any atom is 0.0604 e. The molecular formula is C15H17NO2S. The smallest absolute Gasteiger partial charge is 0.0604 e. The molecule has 0 saturated heterocycles. The van der Waals surface area contributed by atoms with Crippen LogP contribution in [0.25, 0.3) is 0 Å². The van der Waals surface area contributed by atoms with E-state index in [1.165, 1.54) is 0 Å². The molecule has 0 aliphatic carbocycles. The lowest BCUT2D eigenvalue weighted by Gasteiger charge is -2.07. The van der Waals surface area contributed by atoms with E-state index in [1.54, 1.807) is 0 Å². The largest absolute Gasteiger partial charge is 0.395 e. The van der Waals surface area contributed by atoms with Crippen molar-refractivity contribution in [2.24, 2.45) is 0 Å². The highest BCUT2D eigenvalue weighted by molar-refractivity contribution is 7.84. The van der Waals surface area contributed by atoms with Gasteiger partial charge in [0.25, 0.3) is 0 Å². The molecule has 2 aromatic rings. The van der Waals surface area contributed by atoms with Crippen LogP contribution in [0.3, 0.4) is 0 Å². The Balaban J connectivity index is 2.05. The molecule has 0 aliphatic heterocycles. The lowest BCUT2D eigenvalue weighted by Crippen LogP contribution is -2.05. The molecular weight excluding hydrogens is 258 g/mol. The molecule has 0 amide bonds. The minimum atomic E-state index is -1.03. The van der Waals surface area contributed by atoms with E-state index >= 15 is 0 Å². The Morgan fingerprint density at radius 1 is 1.05 bits per heavy atom. The Labute approximate surface area is 115 Å². The fourth-order valence-electron chi connectivity index (χ4n) is 1.78. The fraction of sp³-hybridized carbons (Fsp3) is 0.200. The summed E-state index contributed by atoms with van der Waals surface area (Å²) in [5.74, 6) is 0.499. The van der Waals surface area contributed by atoms with Gasteiger partial charge in [-0.15, -0.1) is 0 Å². The van der Waals surface area contributed by atoms with Gasteiger partial charge in [-0.3, -0.25) is 4.21 Å². The first-order valence-electron chi connectivity index (χ1n) is 6.16. The molecule has 0 aliphatic rings. The average molecular weight is 275 g/mol. The van der Waals surface area contributed by atoms with Crippen molar-refractivity contribution in [3.63, 3.8) is 0 Å². The molecule has 0 heterocycles. The minimum Gasteiger partial charge on any atom is -0.395 e. The van der Waals surface area contributed by atoms with Gasteiger partial charge in [-0.25, -0.2) is 0 Å². The molecule has 2 N–H and O–H groups in total. The summed E-state index contributed by atoms with van der Waals surface area (Å²) in [4.78, 5) is 0.844. The normalized spacial score (nSPS) is 12.1. The Morgan fingerprint density at radius 3 is 2.58 bits per heavy atom. The van der Waals surface area contributed by atoms with E-state index in [9.17, 15) is 4.21 Å². The Hall–Kier alpha value is -1.65. The van der Waals surface area contributed by atoms with Gasteiger partial charge in [-0.1, -0.05) is 30.3 Å². The van der Waals surface area contributed by atoms with Crippen molar-refractivity contribution in [3.05, 3.63) is 60.2 Å². The van der Waals surface area contributed by atoms with Crippen LogP contribution >= 0.6 is 0 Å². The van der Waals surface area contributed by atoms with Crippen molar-refractivity contribution in [2.75, 3.05) is 18.5 Å². The second-order valence-corrected chi connectivity index (χ2v) is 5.60. The molecule has 0 spiro atoms. The molecule has 1 atom stereocenters. The Kier molecular flexibility index (Phi) is 5.12. The van der Waals surface area contributed by atoms with Crippen LogP contribution in [-0.4, -0.2) is 22.5 Å². The van der Waals surface area contributed by atoms with Gasteiger partial charge in [0.1, 0.15) is 0 Å². The molecule has 0 saturated carbocycles. The second-order valence-electron chi connectivity index (χ2n) is 4.15. The average Bonchev–Trinajstić information content (AvgIpc) is 2.46. The molecule has 19 heavy (non-hydrogen) atoms. The van der Waals surface area contributed by atoms with Gasteiger partial charge < -0.3 is 10.4 Å². The number of rotatable bonds is 6. The number of anilines is 1. The van der Waals surface area contributed by atoms with Crippen molar-refractivity contribution in [1.29, 1.82) is 0 Å². The molecule has 0 radical (unpaired) electrons. The number of hydrogen-bond acceptors (Lipinski definition) is 3. The first kappa shape index (κ1) is 13.8. The lowest BCUT2D eigenvalue weighted by atomic mass is 10.2. The maximum atomic E-state index is 12.2. The molecule has 0 unspecified atom stereocenters. The van der Waals surface area contributed by atoms with E-state index in [2.05, 4.69) is 5.32 Å². The third kappa shape index (κ3) is 4.19. The van der Waals surface area contributed by atoms with E-state index in [0.29, 0.717) is 12.3 Å².